The van der Waals surface area contributed by atoms with Gasteiger partial charge in [-0.05, 0) is 60.9 Å². The summed E-state index contributed by atoms with van der Waals surface area (Å²) in [6.45, 7) is 12.5. The molecule has 0 aliphatic carbocycles. The van der Waals surface area contributed by atoms with Gasteiger partial charge in [0.15, 0.2) is 0 Å². The van der Waals surface area contributed by atoms with Crippen LogP contribution in [0.2, 0.25) is 0 Å². The normalized spacial score (nSPS) is 16.4. The molecule has 1 aliphatic heterocycles. The summed E-state index contributed by atoms with van der Waals surface area (Å²) in [6.07, 6.45) is 0.355. The third-order valence-corrected chi connectivity index (χ3v) is 5.53. The maximum Gasteiger partial charge on any atom is 0.343 e. The van der Waals surface area contributed by atoms with Crippen molar-refractivity contribution in [3.63, 3.8) is 0 Å². The number of carbonyl (C=O) groups excluding carboxylic acids is 1. The van der Waals surface area contributed by atoms with E-state index in [9.17, 15) is 14.0 Å². The Balaban J connectivity index is 1.97. The number of carboxylic acid groups (broad SMARTS) is 1. The number of benzene rings is 2. The number of carboxylic acids is 1. The number of aliphatic carboxylic acids is 1. The van der Waals surface area contributed by atoms with Crippen LogP contribution in [0.25, 0.3) is 0 Å². The molecule has 0 unspecified atom stereocenters. The van der Waals surface area contributed by atoms with Crippen molar-refractivity contribution in [3.05, 3.63) is 58.4 Å². The molecule has 1 N–H and O–H groups in total. The van der Waals surface area contributed by atoms with Crippen LogP contribution in [0, 0.1) is 5.82 Å². The average molecular weight is 429 g/mol. The van der Waals surface area contributed by atoms with Crippen molar-refractivity contribution in [2.24, 2.45) is 0 Å². The van der Waals surface area contributed by atoms with Gasteiger partial charge in [0, 0.05) is 11.6 Å². The number of hydrogen-bond acceptors (Lipinski definition) is 4. The highest BCUT2D eigenvalue weighted by Gasteiger charge is 2.41. The van der Waals surface area contributed by atoms with Crippen molar-refractivity contribution >= 4 is 11.9 Å². The molecule has 0 aromatic heterocycles. The van der Waals surface area contributed by atoms with Gasteiger partial charge >= 0.3 is 11.9 Å². The summed E-state index contributed by atoms with van der Waals surface area (Å²) < 4.78 is 25.9. The van der Waals surface area contributed by atoms with Crippen molar-refractivity contribution in [2.75, 3.05) is 0 Å². The minimum Gasteiger partial charge on any atom is -0.487 e. The van der Waals surface area contributed by atoms with Crippen LogP contribution in [-0.2, 0) is 16.6 Å². The first-order valence-electron chi connectivity index (χ1n) is 10.4. The molecule has 0 radical (unpaired) electrons. The lowest BCUT2D eigenvalue weighted by Crippen LogP contribution is -2.42. The molecular weight excluding hydrogens is 399 g/mol. The molecule has 166 valence electrons. The van der Waals surface area contributed by atoms with E-state index < -0.39 is 24.2 Å². The van der Waals surface area contributed by atoms with E-state index in [0.29, 0.717) is 5.56 Å². The lowest BCUT2D eigenvalue weighted by Gasteiger charge is -2.43. The van der Waals surface area contributed by atoms with E-state index in [2.05, 4.69) is 27.7 Å². The largest absolute Gasteiger partial charge is 0.487 e. The second kappa shape index (κ2) is 7.98. The van der Waals surface area contributed by atoms with Gasteiger partial charge in [0.25, 0.3) is 0 Å². The standard InChI is InChI=1S/C25H29FO5/c1-14(2)18-9-16(10-19-22(18)31-25(5,6)13-24(19,3)4)23(29)30-17-8-7-15(11-21(27)28)20(26)12-17/h7-10,12,14H,11,13H2,1-6H3,(H,27,28). The van der Waals surface area contributed by atoms with Crippen molar-refractivity contribution in [2.45, 2.75) is 71.3 Å². The van der Waals surface area contributed by atoms with E-state index in [1.54, 1.807) is 12.1 Å². The van der Waals surface area contributed by atoms with Gasteiger partial charge in [-0.15, -0.1) is 0 Å². The van der Waals surface area contributed by atoms with Crippen LogP contribution in [-0.4, -0.2) is 22.6 Å². The van der Waals surface area contributed by atoms with Gasteiger partial charge in [-0.1, -0.05) is 33.8 Å². The number of rotatable bonds is 5. The van der Waals surface area contributed by atoms with Crippen LogP contribution in [0.3, 0.4) is 0 Å². The predicted molar refractivity (Wildman–Crippen MR) is 116 cm³/mol. The van der Waals surface area contributed by atoms with Crippen molar-refractivity contribution in [3.8, 4) is 11.5 Å². The lowest BCUT2D eigenvalue weighted by atomic mass is 9.72. The highest BCUT2D eigenvalue weighted by Crippen LogP contribution is 2.48. The van der Waals surface area contributed by atoms with E-state index in [1.807, 2.05) is 13.8 Å². The fourth-order valence-corrected chi connectivity index (χ4v) is 4.35. The Kier molecular flexibility index (Phi) is 5.87. The Labute approximate surface area is 182 Å². The molecule has 0 saturated heterocycles. The summed E-state index contributed by atoms with van der Waals surface area (Å²) in [5, 5.41) is 8.83. The van der Waals surface area contributed by atoms with E-state index in [1.165, 1.54) is 12.1 Å². The van der Waals surface area contributed by atoms with Crippen molar-refractivity contribution in [1.82, 2.24) is 0 Å². The Morgan fingerprint density at radius 2 is 1.84 bits per heavy atom. The average Bonchev–Trinajstić information content (AvgIpc) is 2.61. The Morgan fingerprint density at radius 1 is 1.16 bits per heavy atom. The fraction of sp³-hybridized carbons (Fsp3) is 0.440. The topological polar surface area (TPSA) is 72.8 Å². The zero-order valence-electron chi connectivity index (χ0n) is 18.8. The maximum atomic E-state index is 14.2. The van der Waals surface area contributed by atoms with Gasteiger partial charge in [0.2, 0.25) is 0 Å². The highest BCUT2D eigenvalue weighted by atomic mass is 19.1. The molecule has 3 rings (SSSR count). The molecule has 0 bridgehead atoms. The summed E-state index contributed by atoms with van der Waals surface area (Å²) >= 11 is 0. The Bertz CT molecular complexity index is 1040. The van der Waals surface area contributed by atoms with E-state index >= 15 is 0 Å². The first-order chi connectivity index (χ1) is 14.3. The van der Waals surface area contributed by atoms with Gasteiger partial charge in [0.1, 0.15) is 22.9 Å². The van der Waals surface area contributed by atoms with Gasteiger partial charge in [-0.25, -0.2) is 9.18 Å². The highest BCUT2D eigenvalue weighted by molar-refractivity contribution is 5.92. The molecule has 6 heteroatoms. The number of ether oxygens (including phenoxy) is 2. The molecule has 1 heterocycles. The summed E-state index contributed by atoms with van der Waals surface area (Å²) in [7, 11) is 0. The first-order valence-corrected chi connectivity index (χ1v) is 10.4. The molecule has 2 aromatic rings. The number of carbonyl (C=O) groups is 2. The number of hydrogen-bond donors (Lipinski definition) is 1. The van der Waals surface area contributed by atoms with E-state index in [0.717, 1.165) is 29.4 Å². The number of halogens is 1. The minimum absolute atomic E-state index is 0.0251. The van der Waals surface area contributed by atoms with Crippen LogP contribution < -0.4 is 9.47 Å². The van der Waals surface area contributed by atoms with Crippen LogP contribution >= 0.6 is 0 Å². The smallest absolute Gasteiger partial charge is 0.343 e. The van der Waals surface area contributed by atoms with Crippen molar-refractivity contribution in [1.29, 1.82) is 0 Å². The molecule has 31 heavy (non-hydrogen) atoms. The van der Waals surface area contributed by atoms with E-state index in [-0.39, 0.29) is 28.2 Å². The Morgan fingerprint density at radius 3 is 2.42 bits per heavy atom. The molecule has 0 amide bonds. The zero-order valence-corrected chi connectivity index (χ0v) is 18.8. The number of esters is 1. The van der Waals surface area contributed by atoms with Gasteiger partial charge in [-0.2, -0.15) is 0 Å². The SMILES string of the molecule is CC(C)c1cc(C(=O)Oc2ccc(CC(=O)O)c(F)c2)cc2c1OC(C)(C)CC2(C)C. The van der Waals surface area contributed by atoms with Gasteiger partial charge < -0.3 is 14.6 Å². The first kappa shape index (κ1) is 22.8. The lowest BCUT2D eigenvalue weighted by molar-refractivity contribution is -0.136. The molecular formula is C25H29FO5. The van der Waals surface area contributed by atoms with Crippen LogP contribution in [0.1, 0.15) is 80.9 Å². The predicted octanol–water partition coefficient (Wildman–Crippen LogP) is 5.63. The molecule has 5 nitrogen and oxygen atoms in total. The number of fused-ring (bicyclic) bond motifs is 1. The Hall–Kier alpha value is -2.89. The maximum absolute atomic E-state index is 14.2. The quantitative estimate of drug-likeness (QED) is 0.493. The third kappa shape index (κ3) is 4.89. The summed E-state index contributed by atoms with van der Waals surface area (Å²) in [6, 6.07) is 7.33. The van der Waals surface area contributed by atoms with Gasteiger partial charge in [-0.3, -0.25) is 4.79 Å². The monoisotopic (exact) mass is 428 g/mol. The van der Waals surface area contributed by atoms with E-state index in [4.69, 9.17) is 14.6 Å². The van der Waals surface area contributed by atoms with Crippen LogP contribution in [0.15, 0.2) is 30.3 Å². The molecule has 1 aliphatic rings. The second-order valence-electron chi connectivity index (χ2n) is 9.73. The fourth-order valence-electron chi connectivity index (χ4n) is 4.35. The second-order valence-corrected chi connectivity index (χ2v) is 9.73. The van der Waals surface area contributed by atoms with Crippen molar-refractivity contribution < 1.29 is 28.6 Å². The van der Waals surface area contributed by atoms with Gasteiger partial charge in [0.05, 0.1) is 12.0 Å². The molecule has 0 atom stereocenters. The molecule has 0 saturated carbocycles. The third-order valence-electron chi connectivity index (χ3n) is 5.53. The summed E-state index contributed by atoms with van der Waals surface area (Å²) in [5.74, 6) is -1.49. The molecule has 2 aromatic carbocycles. The summed E-state index contributed by atoms with van der Waals surface area (Å²) in [4.78, 5) is 23.7. The van der Waals surface area contributed by atoms with Crippen LogP contribution in [0.4, 0.5) is 4.39 Å². The molecule has 0 spiro atoms. The zero-order chi connectivity index (χ0) is 23.1. The minimum atomic E-state index is -1.13. The van der Waals surface area contributed by atoms with Crippen LogP contribution in [0.5, 0.6) is 11.5 Å². The molecule has 0 fully saturated rings. The summed E-state index contributed by atoms with van der Waals surface area (Å²) in [5.41, 5.74) is 1.75.